The van der Waals surface area contributed by atoms with E-state index in [0.717, 1.165) is 23.1 Å². The zero-order valence-electron chi connectivity index (χ0n) is 16.3. The SMILES string of the molecule is C/C=C(\C=C(/C)CC)c1nc(C)c(C(=O)N=O)n1Cc1cc(C)ccc1Cl. The van der Waals surface area contributed by atoms with Gasteiger partial charge in [-0.1, -0.05) is 53.9 Å². The van der Waals surface area contributed by atoms with Crippen LogP contribution in [-0.4, -0.2) is 15.5 Å². The van der Waals surface area contributed by atoms with Crippen molar-refractivity contribution in [3.05, 3.63) is 74.2 Å². The van der Waals surface area contributed by atoms with Crippen molar-refractivity contribution < 1.29 is 4.79 Å². The van der Waals surface area contributed by atoms with Gasteiger partial charge in [0.1, 0.15) is 11.5 Å². The molecule has 142 valence electrons. The van der Waals surface area contributed by atoms with E-state index in [1.54, 1.807) is 11.5 Å². The molecule has 1 aromatic carbocycles. The molecule has 0 aliphatic heterocycles. The summed E-state index contributed by atoms with van der Waals surface area (Å²) in [6.07, 6.45) is 4.89. The molecule has 0 spiro atoms. The molecule has 0 radical (unpaired) electrons. The summed E-state index contributed by atoms with van der Waals surface area (Å²) in [5, 5.41) is 3.21. The third-order valence-electron chi connectivity index (χ3n) is 4.49. The monoisotopic (exact) mass is 385 g/mol. The van der Waals surface area contributed by atoms with Gasteiger partial charge in [-0.2, -0.15) is 0 Å². The number of aryl methyl sites for hydroxylation is 2. The van der Waals surface area contributed by atoms with Gasteiger partial charge in [0.25, 0.3) is 0 Å². The number of hydrogen-bond acceptors (Lipinski definition) is 3. The first-order valence-corrected chi connectivity index (χ1v) is 9.23. The number of aromatic nitrogens is 2. The number of hydrogen-bond donors (Lipinski definition) is 0. The molecule has 2 rings (SSSR count). The van der Waals surface area contributed by atoms with Crippen molar-refractivity contribution in [1.29, 1.82) is 0 Å². The number of imidazole rings is 1. The predicted molar refractivity (Wildman–Crippen MR) is 110 cm³/mol. The highest BCUT2D eigenvalue weighted by molar-refractivity contribution is 6.31. The fourth-order valence-corrected chi connectivity index (χ4v) is 3.08. The maximum absolute atomic E-state index is 12.2. The Bertz CT molecular complexity index is 939. The van der Waals surface area contributed by atoms with Gasteiger partial charge in [-0.25, -0.2) is 4.98 Å². The summed E-state index contributed by atoms with van der Waals surface area (Å²) in [5.74, 6) is -0.214. The lowest BCUT2D eigenvalue weighted by atomic mass is 10.1. The standard InChI is InChI=1S/C21H24ClN3O2/c1-6-13(3)10-16(7-2)20-23-15(5)19(21(26)24-27)25(20)12-17-11-14(4)8-9-18(17)22/h7-11H,6,12H2,1-5H3/b13-10+,16-7+. The summed E-state index contributed by atoms with van der Waals surface area (Å²) in [4.78, 5) is 27.7. The number of amides is 1. The summed E-state index contributed by atoms with van der Waals surface area (Å²) in [7, 11) is 0. The van der Waals surface area contributed by atoms with E-state index in [2.05, 4.69) is 17.1 Å². The first-order valence-electron chi connectivity index (χ1n) is 8.86. The minimum absolute atomic E-state index is 0.194. The minimum Gasteiger partial charge on any atom is -0.315 e. The van der Waals surface area contributed by atoms with Crippen molar-refractivity contribution in [2.75, 3.05) is 0 Å². The van der Waals surface area contributed by atoms with Crippen molar-refractivity contribution in [2.45, 2.75) is 47.6 Å². The lowest BCUT2D eigenvalue weighted by molar-refractivity contribution is 0.0991. The number of rotatable bonds is 6. The Morgan fingerprint density at radius 3 is 2.63 bits per heavy atom. The van der Waals surface area contributed by atoms with E-state index in [-0.39, 0.29) is 5.69 Å². The third kappa shape index (κ3) is 4.61. The Kier molecular flexibility index (Phi) is 6.86. The summed E-state index contributed by atoms with van der Waals surface area (Å²) < 4.78 is 1.73. The van der Waals surface area contributed by atoms with E-state index in [1.165, 1.54) is 5.57 Å². The smallest absolute Gasteiger partial charge is 0.315 e. The Morgan fingerprint density at radius 2 is 2.04 bits per heavy atom. The summed E-state index contributed by atoms with van der Waals surface area (Å²) in [6.45, 7) is 10.0. The largest absolute Gasteiger partial charge is 0.334 e. The van der Waals surface area contributed by atoms with Crippen LogP contribution in [0.25, 0.3) is 5.57 Å². The molecule has 0 aliphatic carbocycles. The number of carbonyl (C=O) groups is 1. The van der Waals surface area contributed by atoms with Gasteiger partial charge in [0.15, 0.2) is 0 Å². The van der Waals surface area contributed by atoms with Crippen LogP contribution in [0.15, 0.2) is 41.1 Å². The van der Waals surface area contributed by atoms with Crippen LogP contribution in [0.2, 0.25) is 5.02 Å². The molecule has 0 aliphatic rings. The second kappa shape index (κ2) is 8.91. The van der Waals surface area contributed by atoms with Crippen molar-refractivity contribution in [1.82, 2.24) is 9.55 Å². The maximum atomic E-state index is 12.2. The lowest BCUT2D eigenvalue weighted by Gasteiger charge is -2.13. The predicted octanol–water partition coefficient (Wildman–Crippen LogP) is 5.87. The molecule has 0 saturated heterocycles. The van der Waals surface area contributed by atoms with E-state index in [1.807, 2.05) is 51.1 Å². The van der Waals surface area contributed by atoms with Gasteiger partial charge in [-0.15, -0.1) is 4.91 Å². The highest BCUT2D eigenvalue weighted by Gasteiger charge is 2.23. The Hall–Kier alpha value is -2.53. The molecule has 2 aromatic rings. The van der Waals surface area contributed by atoms with Crippen molar-refractivity contribution >= 4 is 23.1 Å². The molecule has 1 heterocycles. The molecule has 0 atom stereocenters. The van der Waals surface area contributed by atoms with Crippen molar-refractivity contribution in [2.24, 2.45) is 5.18 Å². The van der Waals surface area contributed by atoms with Crippen LogP contribution in [0.5, 0.6) is 0 Å². The maximum Gasteiger partial charge on any atom is 0.334 e. The van der Waals surface area contributed by atoms with Gasteiger partial charge in [0.05, 0.1) is 12.2 Å². The molecular weight excluding hydrogens is 362 g/mol. The number of nitroso groups, excluding NO2 is 1. The molecule has 0 fully saturated rings. The fraction of sp³-hybridized carbons (Fsp3) is 0.333. The quantitative estimate of drug-likeness (QED) is 0.461. The van der Waals surface area contributed by atoms with Crippen molar-refractivity contribution in [3.8, 4) is 0 Å². The molecule has 0 unspecified atom stereocenters. The second-order valence-electron chi connectivity index (χ2n) is 6.54. The fourth-order valence-electron chi connectivity index (χ4n) is 2.90. The van der Waals surface area contributed by atoms with Crippen LogP contribution >= 0.6 is 11.6 Å². The van der Waals surface area contributed by atoms with E-state index in [9.17, 15) is 9.70 Å². The van der Waals surface area contributed by atoms with E-state index < -0.39 is 5.91 Å². The Labute approximate surface area is 164 Å². The zero-order chi connectivity index (χ0) is 20.1. The van der Waals surface area contributed by atoms with Crippen LogP contribution in [0.4, 0.5) is 0 Å². The van der Waals surface area contributed by atoms with E-state index in [0.29, 0.717) is 23.1 Å². The number of halogens is 1. The first kappa shape index (κ1) is 20.8. The van der Waals surface area contributed by atoms with E-state index >= 15 is 0 Å². The average molecular weight is 386 g/mol. The minimum atomic E-state index is -0.832. The summed E-state index contributed by atoms with van der Waals surface area (Å²) >= 11 is 6.36. The molecule has 5 nitrogen and oxygen atoms in total. The molecule has 0 N–H and O–H groups in total. The van der Waals surface area contributed by atoms with Crippen LogP contribution in [0, 0.1) is 18.8 Å². The third-order valence-corrected chi connectivity index (χ3v) is 4.85. The molecule has 27 heavy (non-hydrogen) atoms. The summed E-state index contributed by atoms with van der Waals surface area (Å²) in [5.41, 5.74) is 4.64. The van der Waals surface area contributed by atoms with Crippen LogP contribution in [-0.2, 0) is 6.54 Å². The summed E-state index contributed by atoms with van der Waals surface area (Å²) in [6, 6.07) is 5.72. The second-order valence-corrected chi connectivity index (χ2v) is 6.94. The van der Waals surface area contributed by atoms with Crippen molar-refractivity contribution in [3.63, 3.8) is 0 Å². The molecule has 0 saturated carbocycles. The molecule has 1 aromatic heterocycles. The normalized spacial score (nSPS) is 12.4. The molecule has 6 heteroatoms. The van der Waals surface area contributed by atoms with Gasteiger partial charge in [-0.05, 0) is 45.7 Å². The van der Waals surface area contributed by atoms with Gasteiger partial charge < -0.3 is 4.57 Å². The Morgan fingerprint density at radius 1 is 1.33 bits per heavy atom. The number of carbonyl (C=O) groups excluding carboxylic acids is 1. The zero-order valence-corrected chi connectivity index (χ0v) is 17.1. The van der Waals surface area contributed by atoms with Gasteiger partial charge >= 0.3 is 5.91 Å². The highest BCUT2D eigenvalue weighted by atomic mass is 35.5. The number of allylic oxidation sites excluding steroid dienone is 4. The number of nitrogens with zero attached hydrogens (tertiary/aromatic N) is 3. The molecular formula is C21H24ClN3O2. The lowest BCUT2D eigenvalue weighted by Crippen LogP contribution is -2.12. The topological polar surface area (TPSA) is 64.3 Å². The molecule has 1 amide bonds. The highest BCUT2D eigenvalue weighted by Crippen LogP contribution is 2.26. The van der Waals surface area contributed by atoms with Gasteiger partial charge in [0.2, 0.25) is 0 Å². The molecule has 0 bridgehead atoms. The van der Waals surface area contributed by atoms with Crippen LogP contribution in [0.1, 0.15) is 60.3 Å². The number of benzene rings is 1. The van der Waals surface area contributed by atoms with Gasteiger partial charge in [-0.3, -0.25) is 4.79 Å². The first-order chi connectivity index (χ1) is 12.8. The van der Waals surface area contributed by atoms with Crippen LogP contribution in [0.3, 0.4) is 0 Å². The van der Waals surface area contributed by atoms with E-state index in [4.69, 9.17) is 11.6 Å². The average Bonchev–Trinajstić information content (AvgIpc) is 2.97. The van der Waals surface area contributed by atoms with Gasteiger partial charge in [0, 0.05) is 15.8 Å². The van der Waals surface area contributed by atoms with Crippen LogP contribution < -0.4 is 0 Å². The Balaban J connectivity index is 2.70.